The topological polar surface area (TPSA) is 29.3 Å². The van der Waals surface area contributed by atoms with E-state index in [1.165, 1.54) is 26.6 Å². The van der Waals surface area contributed by atoms with Gasteiger partial charge in [-0.05, 0) is 55.7 Å². The molecule has 108 valence electrons. The molecule has 0 saturated carbocycles. The average molecular weight is 288 g/mol. The second-order valence-electron chi connectivity index (χ2n) is 5.37. The molecule has 0 amide bonds. The Morgan fingerprint density at radius 2 is 1.80 bits per heavy atom. The Morgan fingerprint density at radius 3 is 2.30 bits per heavy atom. The molecule has 2 rings (SSSR count). The van der Waals surface area contributed by atoms with E-state index in [0.717, 1.165) is 6.42 Å². The quantitative estimate of drug-likeness (QED) is 0.899. The lowest BCUT2D eigenvalue weighted by atomic mass is 10.1. The van der Waals surface area contributed by atoms with Crippen LogP contribution in [0.3, 0.4) is 0 Å². The standard InChI is InChI=1S/C17H24N2S/c1-5-15-6-7-17(20-15)16(11-18)19(4)14-9-12(2)8-13(3)10-14/h6-10,16H,5,11,18H2,1-4H3. The van der Waals surface area contributed by atoms with Crippen molar-refractivity contribution in [1.29, 1.82) is 0 Å². The van der Waals surface area contributed by atoms with Gasteiger partial charge in [-0.15, -0.1) is 11.3 Å². The first-order chi connectivity index (χ1) is 9.55. The lowest BCUT2D eigenvalue weighted by Crippen LogP contribution is -2.29. The molecule has 1 atom stereocenters. The highest BCUT2D eigenvalue weighted by atomic mass is 32.1. The molecule has 0 fully saturated rings. The highest BCUT2D eigenvalue weighted by molar-refractivity contribution is 7.12. The summed E-state index contributed by atoms with van der Waals surface area (Å²) in [5.41, 5.74) is 9.86. The molecule has 0 bridgehead atoms. The number of thiophene rings is 1. The molecule has 1 aromatic heterocycles. The minimum absolute atomic E-state index is 0.251. The van der Waals surface area contributed by atoms with Crippen molar-refractivity contribution in [2.75, 3.05) is 18.5 Å². The van der Waals surface area contributed by atoms with Gasteiger partial charge in [0.05, 0.1) is 6.04 Å². The number of benzene rings is 1. The predicted octanol–water partition coefficient (Wildman–Crippen LogP) is 4.06. The van der Waals surface area contributed by atoms with Crippen LogP contribution in [0.2, 0.25) is 0 Å². The molecule has 2 nitrogen and oxygen atoms in total. The summed E-state index contributed by atoms with van der Waals surface area (Å²) in [6.07, 6.45) is 1.09. The highest BCUT2D eigenvalue weighted by Gasteiger charge is 2.18. The van der Waals surface area contributed by atoms with Gasteiger partial charge in [0.25, 0.3) is 0 Å². The van der Waals surface area contributed by atoms with Crippen molar-refractivity contribution in [2.45, 2.75) is 33.2 Å². The van der Waals surface area contributed by atoms with E-state index >= 15 is 0 Å². The fraction of sp³-hybridized carbons (Fsp3) is 0.412. The third kappa shape index (κ3) is 3.22. The summed E-state index contributed by atoms with van der Waals surface area (Å²) in [4.78, 5) is 5.07. The maximum atomic E-state index is 6.03. The van der Waals surface area contributed by atoms with Gasteiger partial charge in [0.2, 0.25) is 0 Å². The van der Waals surface area contributed by atoms with E-state index in [9.17, 15) is 0 Å². The Morgan fingerprint density at radius 1 is 1.15 bits per heavy atom. The number of rotatable bonds is 5. The smallest absolute Gasteiger partial charge is 0.0753 e. The van der Waals surface area contributed by atoms with Crippen molar-refractivity contribution in [2.24, 2.45) is 5.73 Å². The molecule has 3 heteroatoms. The average Bonchev–Trinajstić information content (AvgIpc) is 2.87. The zero-order valence-electron chi connectivity index (χ0n) is 12.8. The first kappa shape index (κ1) is 15.1. The van der Waals surface area contributed by atoms with Crippen LogP contribution < -0.4 is 10.6 Å². The molecular formula is C17H24N2S. The van der Waals surface area contributed by atoms with Gasteiger partial charge < -0.3 is 10.6 Å². The lowest BCUT2D eigenvalue weighted by molar-refractivity contribution is 0.692. The minimum Gasteiger partial charge on any atom is -0.365 e. The van der Waals surface area contributed by atoms with E-state index in [1.54, 1.807) is 0 Å². The normalized spacial score (nSPS) is 12.4. The zero-order chi connectivity index (χ0) is 14.7. The van der Waals surface area contributed by atoms with Crippen LogP contribution in [0.1, 0.15) is 33.8 Å². The summed E-state index contributed by atoms with van der Waals surface area (Å²) in [6, 6.07) is 11.3. The van der Waals surface area contributed by atoms with Gasteiger partial charge in [-0.3, -0.25) is 0 Å². The van der Waals surface area contributed by atoms with Crippen LogP contribution >= 0.6 is 11.3 Å². The predicted molar refractivity (Wildman–Crippen MR) is 89.8 cm³/mol. The van der Waals surface area contributed by atoms with Gasteiger partial charge in [0, 0.05) is 29.0 Å². The maximum Gasteiger partial charge on any atom is 0.0753 e. The molecule has 2 aromatic rings. The van der Waals surface area contributed by atoms with Crippen molar-refractivity contribution in [3.63, 3.8) is 0 Å². The van der Waals surface area contributed by atoms with Crippen LogP contribution in [0.25, 0.3) is 0 Å². The molecule has 0 aliphatic heterocycles. The fourth-order valence-electron chi connectivity index (χ4n) is 2.56. The first-order valence-corrected chi connectivity index (χ1v) is 7.96. The summed E-state index contributed by atoms with van der Waals surface area (Å²) < 4.78 is 0. The Bertz CT molecular complexity index is 554. The van der Waals surface area contributed by atoms with E-state index in [1.807, 2.05) is 11.3 Å². The number of likely N-dealkylation sites (N-methyl/N-ethyl adjacent to an activating group) is 1. The number of anilines is 1. The Labute approximate surface area is 126 Å². The molecule has 0 saturated heterocycles. The van der Waals surface area contributed by atoms with Gasteiger partial charge in [-0.2, -0.15) is 0 Å². The SMILES string of the molecule is CCc1ccc(C(CN)N(C)c2cc(C)cc(C)c2)s1. The van der Waals surface area contributed by atoms with Crippen molar-refractivity contribution in [1.82, 2.24) is 0 Å². The van der Waals surface area contributed by atoms with E-state index < -0.39 is 0 Å². The molecule has 1 aromatic carbocycles. The first-order valence-electron chi connectivity index (χ1n) is 7.15. The summed E-state index contributed by atoms with van der Waals surface area (Å²) in [6.45, 7) is 7.11. The molecule has 0 aliphatic rings. The van der Waals surface area contributed by atoms with E-state index in [2.05, 4.69) is 63.1 Å². The molecular weight excluding hydrogens is 264 g/mol. The Kier molecular flexibility index (Phi) is 4.84. The minimum atomic E-state index is 0.251. The van der Waals surface area contributed by atoms with Crippen molar-refractivity contribution >= 4 is 17.0 Å². The molecule has 20 heavy (non-hydrogen) atoms. The fourth-order valence-corrected chi connectivity index (χ4v) is 3.67. The second-order valence-corrected chi connectivity index (χ2v) is 6.57. The van der Waals surface area contributed by atoms with E-state index in [-0.39, 0.29) is 6.04 Å². The van der Waals surface area contributed by atoms with Crippen molar-refractivity contribution < 1.29 is 0 Å². The van der Waals surface area contributed by atoms with Crippen LogP contribution in [-0.2, 0) is 6.42 Å². The zero-order valence-corrected chi connectivity index (χ0v) is 13.6. The second kappa shape index (κ2) is 6.42. The van der Waals surface area contributed by atoms with Crippen molar-refractivity contribution in [3.05, 3.63) is 51.2 Å². The Balaban J connectivity index is 2.30. The monoisotopic (exact) mass is 288 g/mol. The third-order valence-corrected chi connectivity index (χ3v) is 4.99. The number of hydrogen-bond donors (Lipinski definition) is 1. The highest BCUT2D eigenvalue weighted by Crippen LogP contribution is 2.31. The largest absolute Gasteiger partial charge is 0.365 e. The number of nitrogens with zero attached hydrogens (tertiary/aromatic N) is 1. The molecule has 2 N–H and O–H groups in total. The summed E-state index contributed by atoms with van der Waals surface area (Å²) in [7, 11) is 2.14. The van der Waals surface area contributed by atoms with Crippen LogP contribution in [0, 0.1) is 13.8 Å². The van der Waals surface area contributed by atoms with Crippen LogP contribution in [0.4, 0.5) is 5.69 Å². The van der Waals surface area contributed by atoms with Gasteiger partial charge in [0.15, 0.2) is 0 Å². The van der Waals surface area contributed by atoms with E-state index in [0.29, 0.717) is 6.54 Å². The van der Waals surface area contributed by atoms with E-state index in [4.69, 9.17) is 5.73 Å². The third-order valence-electron chi connectivity index (χ3n) is 3.66. The molecule has 1 heterocycles. The van der Waals surface area contributed by atoms with Crippen LogP contribution in [-0.4, -0.2) is 13.6 Å². The summed E-state index contributed by atoms with van der Waals surface area (Å²) in [5, 5.41) is 0. The maximum absolute atomic E-state index is 6.03. The molecule has 0 aliphatic carbocycles. The van der Waals surface area contributed by atoms with Gasteiger partial charge in [0.1, 0.15) is 0 Å². The van der Waals surface area contributed by atoms with Gasteiger partial charge in [-0.1, -0.05) is 13.0 Å². The number of hydrogen-bond acceptors (Lipinski definition) is 3. The molecule has 0 spiro atoms. The van der Waals surface area contributed by atoms with Crippen molar-refractivity contribution in [3.8, 4) is 0 Å². The van der Waals surface area contributed by atoms with Crippen LogP contribution in [0.5, 0.6) is 0 Å². The summed E-state index contributed by atoms with van der Waals surface area (Å²) >= 11 is 1.88. The summed E-state index contributed by atoms with van der Waals surface area (Å²) in [5.74, 6) is 0. The Hall–Kier alpha value is -1.32. The molecule has 1 unspecified atom stereocenters. The number of nitrogens with two attached hydrogens (primary N) is 1. The lowest BCUT2D eigenvalue weighted by Gasteiger charge is -2.29. The molecule has 0 radical (unpaired) electrons. The number of aryl methyl sites for hydroxylation is 3. The van der Waals surface area contributed by atoms with Gasteiger partial charge >= 0.3 is 0 Å². The van der Waals surface area contributed by atoms with Crippen LogP contribution in [0.15, 0.2) is 30.3 Å². The van der Waals surface area contributed by atoms with Gasteiger partial charge in [-0.25, -0.2) is 0 Å².